The molecule has 2 aliphatic rings. The van der Waals surface area contributed by atoms with Crippen molar-refractivity contribution in [1.29, 1.82) is 0 Å². The lowest BCUT2D eigenvalue weighted by Gasteiger charge is -2.32. The van der Waals surface area contributed by atoms with Crippen molar-refractivity contribution < 1.29 is 18.4 Å². The van der Waals surface area contributed by atoms with Gasteiger partial charge in [0.2, 0.25) is 5.91 Å². The topological polar surface area (TPSA) is 68.5 Å². The lowest BCUT2D eigenvalue weighted by molar-refractivity contribution is -0.133. The largest absolute Gasteiger partial charge is 0.484 e. The number of carbonyl (C=O) groups excluding carboxylic acids is 1. The molecule has 1 aliphatic carbocycles. The van der Waals surface area contributed by atoms with Crippen molar-refractivity contribution in [1.82, 2.24) is 15.0 Å². The molecule has 7 heteroatoms. The van der Waals surface area contributed by atoms with E-state index in [0.717, 1.165) is 25.9 Å². The molecule has 0 radical (unpaired) electrons. The minimum Gasteiger partial charge on any atom is -0.484 e. The van der Waals surface area contributed by atoms with Gasteiger partial charge in [0.25, 0.3) is 5.89 Å². The van der Waals surface area contributed by atoms with Crippen LogP contribution in [0.25, 0.3) is 0 Å². The SMILES string of the molecule is O=C(CC1CCCCC1)N1CCC(c2noc(COc3ccc(F)cc3)n2)CC1. The van der Waals surface area contributed by atoms with E-state index in [0.29, 0.717) is 35.7 Å². The van der Waals surface area contributed by atoms with Crippen LogP contribution in [0.2, 0.25) is 0 Å². The average molecular weight is 401 g/mol. The van der Waals surface area contributed by atoms with E-state index in [1.54, 1.807) is 12.1 Å². The van der Waals surface area contributed by atoms with Gasteiger partial charge in [0.1, 0.15) is 11.6 Å². The molecule has 2 heterocycles. The second kappa shape index (κ2) is 9.37. The molecule has 0 N–H and O–H groups in total. The van der Waals surface area contributed by atoms with Crippen molar-refractivity contribution in [3.8, 4) is 5.75 Å². The van der Waals surface area contributed by atoms with Crippen LogP contribution in [-0.2, 0) is 11.4 Å². The molecule has 0 spiro atoms. The minimum absolute atomic E-state index is 0.150. The third kappa shape index (κ3) is 5.34. The van der Waals surface area contributed by atoms with Gasteiger partial charge in [0.05, 0.1) is 0 Å². The van der Waals surface area contributed by atoms with E-state index in [1.165, 1.54) is 44.2 Å². The smallest absolute Gasteiger partial charge is 0.264 e. The van der Waals surface area contributed by atoms with Crippen LogP contribution in [0.4, 0.5) is 4.39 Å². The van der Waals surface area contributed by atoms with E-state index >= 15 is 0 Å². The Morgan fingerprint density at radius 1 is 1.10 bits per heavy atom. The normalized spacial score (nSPS) is 18.7. The number of hydrogen-bond acceptors (Lipinski definition) is 5. The zero-order chi connectivity index (χ0) is 20.1. The van der Waals surface area contributed by atoms with E-state index in [-0.39, 0.29) is 18.3 Å². The Balaban J connectivity index is 1.23. The van der Waals surface area contributed by atoms with Crippen LogP contribution in [0.5, 0.6) is 5.75 Å². The van der Waals surface area contributed by atoms with Gasteiger partial charge in [0, 0.05) is 25.4 Å². The predicted octanol–water partition coefficient (Wildman–Crippen LogP) is 4.46. The van der Waals surface area contributed by atoms with Crippen molar-refractivity contribution in [2.45, 2.75) is 63.9 Å². The standard InChI is InChI=1S/C22H28FN3O3/c23-18-6-8-19(9-7-18)28-15-20-24-22(25-29-20)17-10-12-26(13-11-17)21(27)14-16-4-2-1-3-5-16/h6-9,16-17H,1-5,10-15H2. The molecule has 2 fully saturated rings. The highest BCUT2D eigenvalue weighted by molar-refractivity contribution is 5.76. The van der Waals surface area contributed by atoms with Gasteiger partial charge in [-0.25, -0.2) is 4.39 Å². The number of nitrogens with zero attached hydrogens (tertiary/aromatic N) is 3. The van der Waals surface area contributed by atoms with Crippen molar-refractivity contribution in [3.05, 3.63) is 41.8 Å². The summed E-state index contributed by atoms with van der Waals surface area (Å²) >= 11 is 0. The van der Waals surface area contributed by atoms with Crippen LogP contribution in [0.15, 0.2) is 28.8 Å². The van der Waals surface area contributed by atoms with Crippen LogP contribution >= 0.6 is 0 Å². The molecular weight excluding hydrogens is 373 g/mol. The van der Waals surface area contributed by atoms with E-state index in [1.807, 2.05) is 4.90 Å². The first kappa shape index (κ1) is 19.9. The molecule has 6 nitrogen and oxygen atoms in total. The molecule has 1 amide bonds. The van der Waals surface area contributed by atoms with Crippen molar-refractivity contribution in [2.24, 2.45) is 5.92 Å². The number of ether oxygens (including phenoxy) is 1. The summed E-state index contributed by atoms with van der Waals surface area (Å²) in [5.74, 6) is 2.42. The van der Waals surface area contributed by atoms with Gasteiger partial charge < -0.3 is 14.2 Å². The van der Waals surface area contributed by atoms with E-state index in [4.69, 9.17) is 9.26 Å². The molecule has 2 aromatic rings. The highest BCUT2D eigenvalue weighted by Crippen LogP contribution is 2.30. The zero-order valence-corrected chi connectivity index (χ0v) is 16.7. The highest BCUT2D eigenvalue weighted by atomic mass is 19.1. The first-order valence-electron chi connectivity index (χ1n) is 10.7. The molecule has 29 heavy (non-hydrogen) atoms. The van der Waals surface area contributed by atoms with Crippen LogP contribution in [-0.4, -0.2) is 34.0 Å². The fourth-order valence-corrected chi connectivity index (χ4v) is 4.32. The number of rotatable bonds is 6. The van der Waals surface area contributed by atoms with E-state index in [9.17, 15) is 9.18 Å². The Labute approximate surface area is 170 Å². The molecule has 1 aromatic carbocycles. The molecule has 156 valence electrons. The predicted molar refractivity (Wildman–Crippen MR) is 105 cm³/mol. The highest BCUT2D eigenvalue weighted by Gasteiger charge is 2.28. The van der Waals surface area contributed by atoms with Crippen LogP contribution < -0.4 is 4.74 Å². The molecule has 0 bridgehead atoms. The zero-order valence-electron chi connectivity index (χ0n) is 16.7. The van der Waals surface area contributed by atoms with Gasteiger partial charge >= 0.3 is 0 Å². The van der Waals surface area contributed by atoms with Crippen molar-refractivity contribution >= 4 is 5.91 Å². The van der Waals surface area contributed by atoms with Crippen LogP contribution in [0.1, 0.15) is 69.0 Å². The molecule has 1 aliphatic heterocycles. The summed E-state index contributed by atoms with van der Waals surface area (Å²) in [5, 5.41) is 4.10. The van der Waals surface area contributed by atoms with Crippen LogP contribution in [0, 0.1) is 11.7 Å². The maximum absolute atomic E-state index is 12.9. The number of piperidine rings is 1. The lowest BCUT2D eigenvalue weighted by Crippen LogP contribution is -2.39. The number of benzene rings is 1. The maximum Gasteiger partial charge on any atom is 0.264 e. The van der Waals surface area contributed by atoms with Crippen molar-refractivity contribution in [2.75, 3.05) is 13.1 Å². The number of hydrogen-bond donors (Lipinski definition) is 0. The molecule has 0 unspecified atom stereocenters. The fourth-order valence-electron chi connectivity index (χ4n) is 4.32. The molecule has 1 saturated carbocycles. The summed E-state index contributed by atoms with van der Waals surface area (Å²) in [6.45, 7) is 1.66. The Hall–Kier alpha value is -2.44. The van der Waals surface area contributed by atoms with E-state index < -0.39 is 0 Å². The summed E-state index contributed by atoms with van der Waals surface area (Å²) in [5.41, 5.74) is 0. The summed E-state index contributed by atoms with van der Waals surface area (Å²) in [6, 6.07) is 5.81. The Kier molecular flexibility index (Phi) is 6.42. The molecular formula is C22H28FN3O3. The molecule has 4 rings (SSSR count). The third-order valence-electron chi connectivity index (χ3n) is 6.06. The summed E-state index contributed by atoms with van der Waals surface area (Å²) in [6.07, 6.45) is 8.68. The molecule has 1 saturated heterocycles. The number of halogens is 1. The van der Waals surface area contributed by atoms with Gasteiger partial charge in [0.15, 0.2) is 12.4 Å². The second-order valence-corrected chi connectivity index (χ2v) is 8.15. The maximum atomic E-state index is 12.9. The van der Waals surface area contributed by atoms with Gasteiger partial charge in [-0.1, -0.05) is 24.4 Å². The number of carbonyl (C=O) groups is 1. The van der Waals surface area contributed by atoms with Crippen LogP contribution in [0.3, 0.4) is 0 Å². The molecule has 1 aromatic heterocycles. The minimum atomic E-state index is -0.305. The first-order valence-corrected chi connectivity index (χ1v) is 10.7. The summed E-state index contributed by atoms with van der Waals surface area (Å²) < 4.78 is 23.8. The van der Waals surface area contributed by atoms with Gasteiger partial charge in [-0.2, -0.15) is 4.98 Å². The monoisotopic (exact) mass is 401 g/mol. The number of likely N-dealkylation sites (tertiary alicyclic amines) is 1. The number of aromatic nitrogens is 2. The Morgan fingerprint density at radius 2 is 1.83 bits per heavy atom. The number of amides is 1. The van der Waals surface area contributed by atoms with Crippen molar-refractivity contribution in [3.63, 3.8) is 0 Å². The molecule has 0 atom stereocenters. The van der Waals surface area contributed by atoms with Gasteiger partial charge in [-0.15, -0.1) is 0 Å². The quantitative estimate of drug-likeness (QED) is 0.715. The lowest BCUT2D eigenvalue weighted by atomic mass is 9.86. The Bertz CT molecular complexity index is 794. The summed E-state index contributed by atoms with van der Waals surface area (Å²) in [7, 11) is 0. The first-order chi connectivity index (χ1) is 14.2. The fraction of sp³-hybridized carbons (Fsp3) is 0.591. The Morgan fingerprint density at radius 3 is 2.55 bits per heavy atom. The second-order valence-electron chi connectivity index (χ2n) is 8.15. The third-order valence-corrected chi connectivity index (χ3v) is 6.06. The van der Waals surface area contributed by atoms with E-state index in [2.05, 4.69) is 10.1 Å². The van der Waals surface area contributed by atoms with Gasteiger partial charge in [-0.3, -0.25) is 4.79 Å². The average Bonchev–Trinajstić information content (AvgIpc) is 3.23. The van der Waals surface area contributed by atoms with Gasteiger partial charge in [-0.05, 0) is 55.9 Å². The summed E-state index contributed by atoms with van der Waals surface area (Å²) in [4.78, 5) is 19.0.